The average Bonchev–Trinajstić information content (AvgIpc) is 3.19. The zero-order valence-electron chi connectivity index (χ0n) is 17.3. The third-order valence-corrected chi connectivity index (χ3v) is 5.60. The monoisotopic (exact) mass is 429 g/mol. The van der Waals surface area contributed by atoms with Crippen LogP contribution in [-0.4, -0.2) is 43.5 Å². The Morgan fingerprint density at radius 1 is 1.13 bits per heavy atom. The summed E-state index contributed by atoms with van der Waals surface area (Å²) in [5, 5.41) is 3.55. The first-order chi connectivity index (χ1) is 14.7. The summed E-state index contributed by atoms with van der Waals surface area (Å²) in [6, 6.07) is 10.1. The second-order valence-electron chi connectivity index (χ2n) is 7.59. The molecular weight excluding hydrogens is 407 g/mol. The zero-order valence-corrected chi connectivity index (χ0v) is 17.3. The van der Waals surface area contributed by atoms with Gasteiger partial charge < -0.3 is 4.90 Å². The van der Waals surface area contributed by atoms with Crippen molar-refractivity contribution in [2.75, 3.05) is 13.1 Å². The Morgan fingerprint density at radius 3 is 2.52 bits per heavy atom. The van der Waals surface area contributed by atoms with Crippen molar-refractivity contribution < 1.29 is 18.0 Å². The van der Waals surface area contributed by atoms with Crippen LogP contribution < -0.4 is 0 Å². The molecule has 162 valence electrons. The number of aromatic nitrogens is 4. The summed E-state index contributed by atoms with van der Waals surface area (Å²) in [7, 11) is 0. The number of halogens is 3. The molecule has 0 atom stereocenters. The van der Waals surface area contributed by atoms with Crippen molar-refractivity contribution in [3.05, 3.63) is 64.7 Å². The molecule has 0 saturated carbocycles. The van der Waals surface area contributed by atoms with Crippen LogP contribution in [0.15, 0.2) is 36.4 Å². The van der Waals surface area contributed by atoms with Crippen molar-refractivity contribution >= 4 is 17.3 Å². The molecular formula is C22H22F3N5O. The van der Waals surface area contributed by atoms with Gasteiger partial charge in [0.15, 0.2) is 0 Å². The van der Waals surface area contributed by atoms with E-state index >= 15 is 0 Å². The zero-order chi connectivity index (χ0) is 22.2. The molecule has 2 aromatic heterocycles. The minimum Gasteiger partial charge on any atom is -0.339 e. The first-order valence-corrected chi connectivity index (χ1v) is 10.1. The number of carbonyl (C=O) groups excluding carboxylic acids is 1. The molecule has 0 fully saturated rings. The fourth-order valence-corrected chi connectivity index (χ4v) is 3.89. The molecule has 3 heterocycles. The lowest BCUT2D eigenvalue weighted by Crippen LogP contribution is -2.34. The third-order valence-electron chi connectivity index (χ3n) is 5.60. The lowest BCUT2D eigenvalue weighted by molar-refractivity contribution is -0.144. The van der Waals surface area contributed by atoms with E-state index in [9.17, 15) is 18.0 Å². The van der Waals surface area contributed by atoms with E-state index in [2.05, 4.69) is 33.3 Å². The van der Waals surface area contributed by atoms with Crippen molar-refractivity contribution in [3.63, 3.8) is 0 Å². The van der Waals surface area contributed by atoms with Gasteiger partial charge in [-0.05, 0) is 43.4 Å². The minimum atomic E-state index is -4.63. The number of carbonyl (C=O) groups is 1. The number of hydrogen-bond acceptors (Lipinski definition) is 4. The topological polar surface area (TPSA) is 63.4 Å². The lowest BCUT2D eigenvalue weighted by Gasteiger charge is -2.27. The minimum absolute atomic E-state index is 0.0110. The first kappa shape index (κ1) is 21.0. The molecule has 1 aromatic carbocycles. The van der Waals surface area contributed by atoms with Crippen LogP contribution >= 0.6 is 0 Å². The number of nitrogens with zero attached hydrogens (tertiary/aromatic N) is 5. The van der Waals surface area contributed by atoms with E-state index in [1.54, 1.807) is 18.7 Å². The van der Waals surface area contributed by atoms with Crippen LogP contribution in [0.5, 0.6) is 0 Å². The van der Waals surface area contributed by atoms with Crippen LogP contribution in [-0.2, 0) is 17.4 Å². The summed E-state index contributed by atoms with van der Waals surface area (Å²) < 4.78 is 39.9. The van der Waals surface area contributed by atoms with Crippen LogP contribution in [0.4, 0.5) is 13.2 Å². The maximum Gasteiger partial charge on any atom is 0.453 e. The molecule has 0 unspecified atom stereocenters. The summed E-state index contributed by atoms with van der Waals surface area (Å²) in [4.78, 5) is 22.2. The molecule has 9 heteroatoms. The Kier molecular flexibility index (Phi) is 5.51. The number of aryl methyl sites for hydroxylation is 2. The predicted molar refractivity (Wildman–Crippen MR) is 109 cm³/mol. The van der Waals surface area contributed by atoms with Crippen LogP contribution in [0.2, 0.25) is 0 Å². The van der Waals surface area contributed by atoms with E-state index in [-0.39, 0.29) is 18.1 Å². The molecule has 0 radical (unpaired) electrons. The van der Waals surface area contributed by atoms with Crippen molar-refractivity contribution in [2.24, 2.45) is 0 Å². The highest BCUT2D eigenvalue weighted by atomic mass is 19.4. The molecule has 1 amide bonds. The first-order valence-electron chi connectivity index (χ1n) is 10.1. The molecule has 0 saturated heterocycles. The molecule has 1 aliphatic rings. The van der Waals surface area contributed by atoms with Crippen LogP contribution in [0.1, 0.15) is 41.2 Å². The van der Waals surface area contributed by atoms with Gasteiger partial charge in [-0.3, -0.25) is 4.79 Å². The number of fused-ring (bicyclic) bond motifs is 1. The van der Waals surface area contributed by atoms with E-state index in [1.165, 1.54) is 11.1 Å². The van der Waals surface area contributed by atoms with Gasteiger partial charge in [-0.2, -0.15) is 18.2 Å². The predicted octanol–water partition coefficient (Wildman–Crippen LogP) is 4.01. The Morgan fingerprint density at radius 2 is 1.87 bits per heavy atom. The summed E-state index contributed by atoms with van der Waals surface area (Å²) in [5.41, 5.74) is 4.20. The number of benzene rings is 1. The highest BCUT2D eigenvalue weighted by Crippen LogP contribution is 2.27. The summed E-state index contributed by atoms with van der Waals surface area (Å²) >= 11 is 0. The van der Waals surface area contributed by atoms with E-state index in [0.717, 1.165) is 16.5 Å². The average molecular weight is 429 g/mol. The highest BCUT2D eigenvalue weighted by molar-refractivity contribution is 5.78. The molecule has 31 heavy (non-hydrogen) atoms. The standard InChI is InChI=1S/C22H22F3N5O/c1-14-18(15(2)30-21(26-14)27-20(28-30)22(23,24)25)8-9-19(31)29-12-10-17(11-13-29)16-6-4-3-5-7-16/h3-7,10H,8-9,11-13H2,1-2H3. The van der Waals surface area contributed by atoms with Gasteiger partial charge in [-0.15, -0.1) is 5.10 Å². The van der Waals surface area contributed by atoms with E-state index in [1.807, 2.05) is 18.2 Å². The molecule has 0 aliphatic carbocycles. The number of amides is 1. The van der Waals surface area contributed by atoms with Gasteiger partial charge in [0, 0.05) is 30.9 Å². The maximum absolute atomic E-state index is 12.9. The number of alkyl halides is 3. The SMILES string of the molecule is Cc1nc2nc(C(F)(F)F)nn2c(C)c1CCC(=O)N1CC=C(c2ccccc2)CC1. The second-order valence-corrected chi connectivity index (χ2v) is 7.59. The van der Waals surface area contributed by atoms with Gasteiger partial charge in [0.2, 0.25) is 5.91 Å². The van der Waals surface area contributed by atoms with Crippen molar-refractivity contribution in [1.29, 1.82) is 0 Å². The van der Waals surface area contributed by atoms with Crippen molar-refractivity contribution in [3.8, 4) is 0 Å². The number of hydrogen-bond donors (Lipinski definition) is 0. The fraction of sp³-hybridized carbons (Fsp3) is 0.364. The van der Waals surface area contributed by atoms with Crippen LogP contribution in [0.3, 0.4) is 0 Å². The Balaban J connectivity index is 1.45. The highest BCUT2D eigenvalue weighted by Gasteiger charge is 2.37. The fourth-order valence-electron chi connectivity index (χ4n) is 3.89. The van der Waals surface area contributed by atoms with Crippen molar-refractivity contribution in [1.82, 2.24) is 24.5 Å². The molecule has 6 nitrogen and oxygen atoms in total. The lowest BCUT2D eigenvalue weighted by atomic mass is 9.99. The Labute approximate surface area is 177 Å². The second kappa shape index (κ2) is 8.13. The number of rotatable bonds is 4. The molecule has 1 aliphatic heterocycles. The molecule has 0 spiro atoms. The molecule has 3 aromatic rings. The van der Waals surface area contributed by atoms with Crippen LogP contribution in [0, 0.1) is 13.8 Å². The van der Waals surface area contributed by atoms with E-state index in [4.69, 9.17) is 0 Å². The van der Waals surface area contributed by atoms with Gasteiger partial charge in [-0.1, -0.05) is 36.4 Å². The molecule has 0 bridgehead atoms. The van der Waals surface area contributed by atoms with Crippen LogP contribution in [0.25, 0.3) is 11.4 Å². The summed E-state index contributed by atoms with van der Waals surface area (Å²) in [6.45, 7) is 4.58. The Bertz CT molecular complexity index is 1150. The van der Waals surface area contributed by atoms with Gasteiger partial charge in [-0.25, -0.2) is 9.50 Å². The quantitative estimate of drug-likeness (QED) is 0.629. The largest absolute Gasteiger partial charge is 0.453 e. The molecule has 0 N–H and O–H groups in total. The normalized spacial score (nSPS) is 14.7. The third kappa shape index (κ3) is 4.30. The van der Waals surface area contributed by atoms with Gasteiger partial charge in [0.25, 0.3) is 11.6 Å². The summed E-state index contributed by atoms with van der Waals surface area (Å²) in [5.74, 6) is -1.30. The van der Waals surface area contributed by atoms with E-state index in [0.29, 0.717) is 30.9 Å². The molecule has 4 rings (SSSR count). The smallest absolute Gasteiger partial charge is 0.339 e. The maximum atomic E-state index is 12.9. The van der Waals surface area contributed by atoms with Gasteiger partial charge >= 0.3 is 6.18 Å². The van der Waals surface area contributed by atoms with E-state index < -0.39 is 12.0 Å². The Hall–Kier alpha value is -3.23. The van der Waals surface area contributed by atoms with Gasteiger partial charge in [0.1, 0.15) is 0 Å². The van der Waals surface area contributed by atoms with Crippen molar-refractivity contribution in [2.45, 2.75) is 39.3 Å². The summed E-state index contributed by atoms with van der Waals surface area (Å²) in [6.07, 6.45) is -1.13. The van der Waals surface area contributed by atoms with Gasteiger partial charge in [0.05, 0.1) is 0 Å².